The Labute approximate surface area is 106 Å². The first-order valence-electron chi connectivity index (χ1n) is 6.46. The molecule has 2 heteroatoms. The van der Waals surface area contributed by atoms with Crippen LogP contribution in [0, 0.1) is 6.92 Å². The summed E-state index contributed by atoms with van der Waals surface area (Å²) in [4.78, 5) is 2.32. The molecule has 0 aliphatic heterocycles. The number of hydrogen-bond acceptors (Lipinski definition) is 2. The molecule has 0 aliphatic carbocycles. The van der Waals surface area contributed by atoms with Crippen molar-refractivity contribution in [3.8, 4) is 0 Å². The van der Waals surface area contributed by atoms with Crippen LogP contribution in [-0.2, 0) is 6.54 Å². The van der Waals surface area contributed by atoms with Gasteiger partial charge in [-0.3, -0.25) is 0 Å². The van der Waals surface area contributed by atoms with Gasteiger partial charge in [0.25, 0.3) is 0 Å². The van der Waals surface area contributed by atoms with Crippen LogP contribution in [0.5, 0.6) is 0 Å². The van der Waals surface area contributed by atoms with Crippen molar-refractivity contribution in [1.29, 1.82) is 0 Å². The van der Waals surface area contributed by atoms with Crippen LogP contribution in [0.3, 0.4) is 0 Å². The summed E-state index contributed by atoms with van der Waals surface area (Å²) in [5, 5.41) is 0. The second kappa shape index (κ2) is 6.18. The molecule has 0 saturated heterocycles. The molecule has 0 spiro atoms. The smallest absolute Gasteiger partial charge is 0.0254 e. The molecule has 0 saturated carbocycles. The number of nitrogens with two attached hydrogens (primary N) is 1. The van der Waals surface area contributed by atoms with Crippen molar-refractivity contribution >= 4 is 0 Å². The zero-order valence-electron chi connectivity index (χ0n) is 11.7. The molecule has 1 unspecified atom stereocenters. The minimum absolute atomic E-state index is 0.0772. The number of rotatable bonds is 6. The maximum atomic E-state index is 6.28. The van der Waals surface area contributed by atoms with Crippen molar-refractivity contribution in [2.45, 2.75) is 45.7 Å². The van der Waals surface area contributed by atoms with Gasteiger partial charge >= 0.3 is 0 Å². The van der Waals surface area contributed by atoms with Gasteiger partial charge in [-0.25, -0.2) is 0 Å². The van der Waals surface area contributed by atoms with E-state index in [1.165, 1.54) is 11.1 Å². The van der Waals surface area contributed by atoms with Gasteiger partial charge < -0.3 is 10.6 Å². The van der Waals surface area contributed by atoms with Crippen molar-refractivity contribution in [3.05, 3.63) is 35.4 Å². The fourth-order valence-corrected chi connectivity index (χ4v) is 2.40. The maximum absolute atomic E-state index is 6.28. The van der Waals surface area contributed by atoms with E-state index in [-0.39, 0.29) is 5.54 Å². The van der Waals surface area contributed by atoms with E-state index in [2.05, 4.69) is 57.0 Å². The van der Waals surface area contributed by atoms with Crippen molar-refractivity contribution in [2.24, 2.45) is 5.73 Å². The minimum Gasteiger partial charge on any atom is -0.324 e. The summed E-state index contributed by atoms with van der Waals surface area (Å²) in [5.74, 6) is 0. The normalized spacial score (nSPS) is 14.9. The van der Waals surface area contributed by atoms with Crippen molar-refractivity contribution in [2.75, 3.05) is 13.6 Å². The zero-order valence-corrected chi connectivity index (χ0v) is 11.7. The van der Waals surface area contributed by atoms with Crippen LogP contribution in [0.2, 0.25) is 0 Å². The van der Waals surface area contributed by atoms with Crippen LogP contribution in [0.4, 0.5) is 0 Å². The van der Waals surface area contributed by atoms with Crippen LogP contribution >= 0.6 is 0 Å². The predicted molar refractivity (Wildman–Crippen MR) is 75.0 cm³/mol. The van der Waals surface area contributed by atoms with E-state index < -0.39 is 0 Å². The Balaban J connectivity index is 2.55. The molecule has 17 heavy (non-hydrogen) atoms. The van der Waals surface area contributed by atoms with Crippen LogP contribution < -0.4 is 5.73 Å². The molecule has 0 bridgehead atoms. The fourth-order valence-electron chi connectivity index (χ4n) is 2.40. The first-order chi connectivity index (χ1) is 7.94. The molecule has 0 heterocycles. The zero-order chi connectivity index (χ0) is 12.9. The number of hydrogen-bond donors (Lipinski definition) is 1. The van der Waals surface area contributed by atoms with Gasteiger partial charge in [-0.05, 0) is 38.4 Å². The number of benzene rings is 1. The topological polar surface area (TPSA) is 29.3 Å². The maximum Gasteiger partial charge on any atom is 0.0254 e. The lowest BCUT2D eigenvalue weighted by Crippen LogP contribution is -2.46. The van der Waals surface area contributed by atoms with E-state index in [0.717, 1.165) is 25.9 Å². The standard InChI is InChI=1S/C15H26N2/c1-5-10-15(3,16)12-17(4)11-14-9-7-6-8-13(14)2/h6-9H,5,10-12,16H2,1-4H3. The minimum atomic E-state index is -0.0772. The Bertz CT molecular complexity index is 345. The van der Waals surface area contributed by atoms with Gasteiger partial charge in [-0.1, -0.05) is 37.6 Å². The highest BCUT2D eigenvalue weighted by molar-refractivity contribution is 5.25. The fraction of sp³-hybridized carbons (Fsp3) is 0.600. The monoisotopic (exact) mass is 234 g/mol. The SMILES string of the molecule is CCCC(C)(N)CN(C)Cc1ccccc1C. The molecule has 1 aromatic rings. The second-order valence-electron chi connectivity index (χ2n) is 5.50. The quantitative estimate of drug-likeness (QED) is 0.820. The highest BCUT2D eigenvalue weighted by atomic mass is 15.1. The molecule has 1 atom stereocenters. The largest absolute Gasteiger partial charge is 0.324 e. The van der Waals surface area contributed by atoms with Gasteiger partial charge in [-0.15, -0.1) is 0 Å². The Morgan fingerprint density at radius 2 is 1.94 bits per heavy atom. The lowest BCUT2D eigenvalue weighted by atomic mass is 9.96. The summed E-state index contributed by atoms with van der Waals surface area (Å²) in [6, 6.07) is 8.54. The molecule has 0 radical (unpaired) electrons. The lowest BCUT2D eigenvalue weighted by Gasteiger charge is -2.30. The Hall–Kier alpha value is -0.860. The van der Waals surface area contributed by atoms with E-state index in [1.54, 1.807) is 0 Å². The van der Waals surface area contributed by atoms with Gasteiger partial charge in [0.05, 0.1) is 0 Å². The average molecular weight is 234 g/mol. The summed E-state index contributed by atoms with van der Waals surface area (Å²) in [7, 11) is 2.15. The van der Waals surface area contributed by atoms with Crippen LogP contribution in [0.1, 0.15) is 37.8 Å². The highest BCUT2D eigenvalue weighted by Gasteiger charge is 2.19. The lowest BCUT2D eigenvalue weighted by molar-refractivity contribution is 0.240. The molecule has 0 amide bonds. The van der Waals surface area contributed by atoms with Crippen LogP contribution in [0.25, 0.3) is 0 Å². The number of nitrogens with zero attached hydrogens (tertiary/aromatic N) is 1. The summed E-state index contributed by atoms with van der Waals surface area (Å²) in [5.41, 5.74) is 8.95. The summed E-state index contributed by atoms with van der Waals surface area (Å²) in [6.07, 6.45) is 2.22. The second-order valence-corrected chi connectivity index (χ2v) is 5.50. The number of likely N-dealkylation sites (N-methyl/N-ethyl adjacent to an activating group) is 1. The summed E-state index contributed by atoms with van der Waals surface area (Å²) in [6.45, 7) is 8.41. The molecule has 1 aromatic carbocycles. The molecule has 96 valence electrons. The molecular formula is C15H26N2. The van der Waals surface area contributed by atoms with Gasteiger partial charge in [-0.2, -0.15) is 0 Å². The van der Waals surface area contributed by atoms with Gasteiger partial charge in [0, 0.05) is 18.6 Å². The van der Waals surface area contributed by atoms with Crippen molar-refractivity contribution in [1.82, 2.24) is 4.90 Å². The Kier molecular flexibility index (Phi) is 5.16. The summed E-state index contributed by atoms with van der Waals surface area (Å²) < 4.78 is 0. The van der Waals surface area contributed by atoms with E-state index >= 15 is 0 Å². The predicted octanol–water partition coefficient (Wildman–Crippen LogP) is 2.94. The van der Waals surface area contributed by atoms with Gasteiger partial charge in [0.2, 0.25) is 0 Å². The molecular weight excluding hydrogens is 208 g/mol. The average Bonchev–Trinajstić information content (AvgIpc) is 2.20. The molecule has 0 fully saturated rings. The third-order valence-corrected chi connectivity index (χ3v) is 3.15. The summed E-state index contributed by atoms with van der Waals surface area (Å²) >= 11 is 0. The third kappa shape index (κ3) is 4.88. The molecule has 1 rings (SSSR count). The number of aryl methyl sites for hydroxylation is 1. The first-order valence-corrected chi connectivity index (χ1v) is 6.46. The Morgan fingerprint density at radius 1 is 1.29 bits per heavy atom. The third-order valence-electron chi connectivity index (χ3n) is 3.15. The van der Waals surface area contributed by atoms with Crippen molar-refractivity contribution < 1.29 is 0 Å². The van der Waals surface area contributed by atoms with E-state index in [9.17, 15) is 0 Å². The van der Waals surface area contributed by atoms with E-state index in [1.807, 2.05) is 0 Å². The first kappa shape index (κ1) is 14.2. The molecule has 0 aromatic heterocycles. The Morgan fingerprint density at radius 3 is 2.53 bits per heavy atom. The van der Waals surface area contributed by atoms with Gasteiger partial charge in [0.15, 0.2) is 0 Å². The van der Waals surface area contributed by atoms with E-state index in [4.69, 9.17) is 5.73 Å². The van der Waals surface area contributed by atoms with Crippen molar-refractivity contribution in [3.63, 3.8) is 0 Å². The van der Waals surface area contributed by atoms with Gasteiger partial charge in [0.1, 0.15) is 0 Å². The highest BCUT2D eigenvalue weighted by Crippen LogP contribution is 2.14. The van der Waals surface area contributed by atoms with Crippen LogP contribution in [0.15, 0.2) is 24.3 Å². The molecule has 2 N–H and O–H groups in total. The molecule has 2 nitrogen and oxygen atoms in total. The van der Waals surface area contributed by atoms with Crippen LogP contribution in [-0.4, -0.2) is 24.0 Å². The molecule has 0 aliphatic rings. The van der Waals surface area contributed by atoms with E-state index in [0.29, 0.717) is 0 Å².